The second-order valence-corrected chi connectivity index (χ2v) is 3.35. The lowest BCUT2D eigenvalue weighted by molar-refractivity contribution is -0.144. The fourth-order valence-electron chi connectivity index (χ4n) is 1.53. The molecule has 0 saturated carbocycles. The van der Waals surface area contributed by atoms with E-state index in [4.69, 9.17) is 14.2 Å². The van der Waals surface area contributed by atoms with Gasteiger partial charge in [0.15, 0.2) is 6.29 Å². The highest BCUT2D eigenvalue weighted by Crippen LogP contribution is 2.35. The first-order valence-electron chi connectivity index (χ1n) is 4.91. The van der Waals surface area contributed by atoms with Crippen molar-refractivity contribution >= 4 is 5.97 Å². The van der Waals surface area contributed by atoms with Gasteiger partial charge in [0.25, 0.3) is 0 Å². The molecule has 78 valence electrons. The van der Waals surface area contributed by atoms with Crippen LogP contribution in [0, 0.1) is 5.92 Å². The van der Waals surface area contributed by atoms with Gasteiger partial charge in [0.05, 0.1) is 25.7 Å². The van der Waals surface area contributed by atoms with Gasteiger partial charge in [0, 0.05) is 6.42 Å². The fraction of sp³-hybridized carbons (Fsp3) is 0.700. The lowest BCUT2D eigenvalue weighted by atomic mass is 10.2. The summed E-state index contributed by atoms with van der Waals surface area (Å²) in [5, 5.41) is 0. The maximum atomic E-state index is 11.2. The average molecular weight is 198 g/mol. The summed E-state index contributed by atoms with van der Waals surface area (Å²) in [6.45, 7) is 3.56. The van der Waals surface area contributed by atoms with Crippen molar-refractivity contribution in [2.45, 2.75) is 19.6 Å². The first kappa shape index (κ1) is 9.68. The minimum atomic E-state index is -0.152. The zero-order valence-corrected chi connectivity index (χ0v) is 8.19. The molecule has 1 aliphatic carbocycles. The van der Waals surface area contributed by atoms with E-state index in [2.05, 4.69) is 0 Å². The number of esters is 1. The van der Waals surface area contributed by atoms with E-state index in [9.17, 15) is 4.79 Å². The van der Waals surface area contributed by atoms with Gasteiger partial charge in [-0.3, -0.25) is 4.79 Å². The molecule has 1 fully saturated rings. The molecule has 1 atom stereocenters. The molecule has 0 spiro atoms. The highest BCUT2D eigenvalue weighted by Gasteiger charge is 2.35. The molecule has 0 aromatic carbocycles. The molecule has 0 amide bonds. The van der Waals surface area contributed by atoms with Crippen LogP contribution in [0.3, 0.4) is 0 Å². The maximum absolute atomic E-state index is 11.2. The minimum absolute atomic E-state index is 0.109. The summed E-state index contributed by atoms with van der Waals surface area (Å²) < 4.78 is 15.4. The van der Waals surface area contributed by atoms with E-state index in [-0.39, 0.29) is 18.2 Å². The third kappa shape index (κ3) is 2.13. The van der Waals surface area contributed by atoms with Crippen LogP contribution < -0.4 is 0 Å². The van der Waals surface area contributed by atoms with Gasteiger partial charge in [0.2, 0.25) is 0 Å². The second kappa shape index (κ2) is 4.11. The van der Waals surface area contributed by atoms with Crippen LogP contribution in [0.1, 0.15) is 13.3 Å². The summed E-state index contributed by atoms with van der Waals surface area (Å²) in [7, 11) is 0. The van der Waals surface area contributed by atoms with E-state index in [1.165, 1.54) is 0 Å². The zero-order chi connectivity index (χ0) is 9.97. The van der Waals surface area contributed by atoms with Crippen LogP contribution >= 0.6 is 0 Å². The lowest BCUT2D eigenvalue weighted by Gasteiger charge is -2.06. The molecule has 0 unspecified atom stereocenters. The molecular formula is C10H14O4. The quantitative estimate of drug-likeness (QED) is 0.496. The van der Waals surface area contributed by atoms with Crippen molar-refractivity contribution in [3.63, 3.8) is 0 Å². The van der Waals surface area contributed by atoms with Crippen LogP contribution in [0.5, 0.6) is 0 Å². The van der Waals surface area contributed by atoms with Crippen LogP contribution in [0.2, 0.25) is 0 Å². The summed E-state index contributed by atoms with van der Waals surface area (Å²) >= 11 is 0. The molecule has 2 aliphatic rings. The summed E-state index contributed by atoms with van der Waals surface area (Å²) in [6, 6.07) is 0. The van der Waals surface area contributed by atoms with Gasteiger partial charge in [-0.25, -0.2) is 0 Å². The first-order chi connectivity index (χ1) is 6.81. The SMILES string of the molecule is CCOC(=O)[C@@H]1C=C1CC1OCCO1. The number of rotatable bonds is 4. The Morgan fingerprint density at radius 3 is 2.93 bits per heavy atom. The Morgan fingerprint density at radius 2 is 2.29 bits per heavy atom. The molecule has 0 aromatic heterocycles. The van der Waals surface area contributed by atoms with Gasteiger partial charge in [0.1, 0.15) is 0 Å². The van der Waals surface area contributed by atoms with E-state index < -0.39 is 0 Å². The lowest BCUT2D eigenvalue weighted by Crippen LogP contribution is -2.11. The molecule has 4 nitrogen and oxygen atoms in total. The number of hydrogen-bond acceptors (Lipinski definition) is 4. The van der Waals surface area contributed by atoms with E-state index in [1.54, 1.807) is 0 Å². The van der Waals surface area contributed by atoms with E-state index >= 15 is 0 Å². The smallest absolute Gasteiger partial charge is 0.316 e. The van der Waals surface area contributed by atoms with Crippen molar-refractivity contribution in [2.24, 2.45) is 5.92 Å². The van der Waals surface area contributed by atoms with Crippen LogP contribution in [-0.4, -0.2) is 32.1 Å². The Labute approximate surface area is 82.8 Å². The Morgan fingerprint density at radius 1 is 1.57 bits per heavy atom. The van der Waals surface area contributed by atoms with Gasteiger partial charge in [-0.1, -0.05) is 11.6 Å². The van der Waals surface area contributed by atoms with Gasteiger partial charge in [-0.05, 0) is 6.92 Å². The first-order valence-corrected chi connectivity index (χ1v) is 4.91. The topological polar surface area (TPSA) is 44.8 Å². The van der Waals surface area contributed by atoms with Crippen molar-refractivity contribution in [1.29, 1.82) is 0 Å². The van der Waals surface area contributed by atoms with Crippen molar-refractivity contribution in [2.75, 3.05) is 19.8 Å². The predicted octanol–water partition coefficient (Wildman–Crippen LogP) is 0.869. The van der Waals surface area contributed by atoms with Crippen LogP contribution in [0.4, 0.5) is 0 Å². The zero-order valence-electron chi connectivity index (χ0n) is 8.19. The Balaban J connectivity index is 1.70. The van der Waals surface area contributed by atoms with Crippen LogP contribution in [-0.2, 0) is 19.0 Å². The van der Waals surface area contributed by atoms with Crippen molar-refractivity contribution < 1.29 is 19.0 Å². The molecule has 1 saturated heterocycles. The fourth-order valence-corrected chi connectivity index (χ4v) is 1.53. The molecule has 0 radical (unpaired) electrons. The molecule has 0 bridgehead atoms. The number of carbonyl (C=O) groups excluding carboxylic acids is 1. The molecule has 0 aromatic rings. The summed E-state index contributed by atoms with van der Waals surface area (Å²) in [5.74, 6) is -0.261. The van der Waals surface area contributed by atoms with Crippen molar-refractivity contribution in [3.05, 3.63) is 11.6 Å². The Kier molecular flexibility index (Phi) is 2.84. The standard InChI is InChI=1S/C10H14O4/c1-2-12-10(11)8-5-7(8)6-9-13-3-4-14-9/h5,8-9H,2-4,6H2,1H3/t8-/m1/s1. The second-order valence-electron chi connectivity index (χ2n) is 3.35. The summed E-state index contributed by atoms with van der Waals surface area (Å²) in [4.78, 5) is 11.2. The van der Waals surface area contributed by atoms with Gasteiger partial charge in [-0.2, -0.15) is 0 Å². The maximum Gasteiger partial charge on any atom is 0.316 e. The molecular weight excluding hydrogens is 184 g/mol. The minimum Gasteiger partial charge on any atom is -0.465 e. The average Bonchev–Trinajstić information content (AvgIpc) is 2.72. The number of carbonyl (C=O) groups is 1. The normalized spacial score (nSPS) is 26.1. The predicted molar refractivity (Wildman–Crippen MR) is 48.5 cm³/mol. The van der Waals surface area contributed by atoms with E-state index in [0.717, 1.165) is 5.57 Å². The number of ether oxygens (including phenoxy) is 3. The Hall–Kier alpha value is -0.870. The molecule has 4 heteroatoms. The highest BCUT2D eigenvalue weighted by atomic mass is 16.7. The van der Waals surface area contributed by atoms with Crippen LogP contribution in [0.25, 0.3) is 0 Å². The molecule has 0 N–H and O–H groups in total. The highest BCUT2D eigenvalue weighted by molar-refractivity contribution is 5.83. The molecule has 14 heavy (non-hydrogen) atoms. The van der Waals surface area contributed by atoms with Gasteiger partial charge in [-0.15, -0.1) is 0 Å². The largest absolute Gasteiger partial charge is 0.465 e. The van der Waals surface area contributed by atoms with Crippen molar-refractivity contribution in [1.82, 2.24) is 0 Å². The van der Waals surface area contributed by atoms with Crippen molar-refractivity contribution in [3.8, 4) is 0 Å². The third-order valence-electron chi connectivity index (χ3n) is 2.30. The number of hydrogen-bond donors (Lipinski definition) is 0. The molecule has 1 aliphatic heterocycles. The third-order valence-corrected chi connectivity index (χ3v) is 2.30. The van der Waals surface area contributed by atoms with Crippen LogP contribution in [0.15, 0.2) is 11.6 Å². The summed E-state index contributed by atoms with van der Waals surface area (Å²) in [5.41, 5.74) is 1.08. The molecule has 1 heterocycles. The Bertz CT molecular complexity index is 253. The summed E-state index contributed by atoms with van der Waals surface area (Å²) in [6.07, 6.45) is 2.45. The molecule has 2 rings (SSSR count). The van der Waals surface area contributed by atoms with E-state index in [0.29, 0.717) is 26.2 Å². The van der Waals surface area contributed by atoms with Gasteiger partial charge >= 0.3 is 5.97 Å². The van der Waals surface area contributed by atoms with E-state index in [1.807, 2.05) is 13.0 Å². The monoisotopic (exact) mass is 198 g/mol. The van der Waals surface area contributed by atoms with Gasteiger partial charge < -0.3 is 14.2 Å².